The highest BCUT2D eigenvalue weighted by Crippen LogP contribution is 2.47. The molecule has 1 saturated heterocycles. The first kappa shape index (κ1) is 39.8. The Labute approximate surface area is 331 Å². The Morgan fingerprint density at radius 3 is 2.59 bits per heavy atom. The number of sulfonamides is 1. The molecule has 2 aliphatic carbocycles. The van der Waals surface area contributed by atoms with E-state index in [9.17, 15) is 27.6 Å². The summed E-state index contributed by atoms with van der Waals surface area (Å²) in [6.07, 6.45) is 8.69. The molecule has 3 N–H and O–H groups in total. The molecule has 4 heterocycles. The predicted molar refractivity (Wildman–Crippen MR) is 208 cm³/mol. The number of carbonyl (C=O) groups excluding carboxylic acids is 4. The van der Waals surface area contributed by atoms with Crippen LogP contribution in [0.15, 0.2) is 42.7 Å². The molecule has 3 fully saturated rings. The highest BCUT2D eigenvalue weighted by Gasteiger charge is 2.63. The van der Waals surface area contributed by atoms with Gasteiger partial charge in [0, 0.05) is 29.8 Å². The third-order valence-corrected chi connectivity index (χ3v) is 13.9. The minimum atomic E-state index is -4.01. The molecule has 0 radical (unpaired) electrons. The van der Waals surface area contributed by atoms with Gasteiger partial charge < -0.3 is 25.0 Å². The molecule has 7 atom stereocenters. The Bertz CT molecular complexity index is 2220. The van der Waals surface area contributed by atoms with Gasteiger partial charge in [-0.05, 0) is 96.3 Å². The average Bonchev–Trinajstić information content (AvgIpc) is 3.89. The molecular formula is C39H50ClN7O8S. The number of alkyl carbamates (subject to hydrolysis) is 1. The first-order valence-electron chi connectivity index (χ1n) is 19.2. The summed E-state index contributed by atoms with van der Waals surface area (Å²) in [6, 6.07) is 3.04. The van der Waals surface area contributed by atoms with Crippen LogP contribution in [-0.2, 0) is 29.1 Å². The van der Waals surface area contributed by atoms with Crippen molar-refractivity contribution >= 4 is 62.1 Å². The molecule has 4 aliphatic rings. The van der Waals surface area contributed by atoms with Crippen molar-refractivity contribution in [2.75, 3.05) is 6.54 Å². The van der Waals surface area contributed by atoms with Crippen LogP contribution in [0, 0.1) is 17.8 Å². The lowest BCUT2D eigenvalue weighted by molar-refractivity contribution is -0.142. The molecule has 2 saturated carbocycles. The van der Waals surface area contributed by atoms with Crippen molar-refractivity contribution in [2.24, 2.45) is 17.8 Å². The highest BCUT2D eigenvalue weighted by molar-refractivity contribution is 7.91. The number of rotatable bonds is 6. The van der Waals surface area contributed by atoms with Crippen molar-refractivity contribution in [1.29, 1.82) is 0 Å². The van der Waals surface area contributed by atoms with Gasteiger partial charge in [-0.2, -0.15) is 4.98 Å². The van der Waals surface area contributed by atoms with Crippen LogP contribution >= 0.6 is 11.6 Å². The smallest absolute Gasteiger partial charge is 0.408 e. The summed E-state index contributed by atoms with van der Waals surface area (Å²) in [6.45, 7) is 10.7. The summed E-state index contributed by atoms with van der Waals surface area (Å²) in [5.74, 6) is -2.09. The molecule has 302 valence electrons. The summed E-state index contributed by atoms with van der Waals surface area (Å²) < 4.78 is 41.5. The van der Waals surface area contributed by atoms with E-state index in [1.807, 2.05) is 25.1 Å². The van der Waals surface area contributed by atoms with E-state index < -0.39 is 73.8 Å². The predicted octanol–water partition coefficient (Wildman–Crippen LogP) is 4.66. The van der Waals surface area contributed by atoms with E-state index in [4.69, 9.17) is 21.1 Å². The number of fused-ring (bicyclic) bond motifs is 5. The number of carbonyl (C=O) groups is 4. The second-order valence-corrected chi connectivity index (χ2v) is 19.9. The van der Waals surface area contributed by atoms with Gasteiger partial charge in [0.1, 0.15) is 29.3 Å². The fraction of sp³-hybridized carbons (Fsp3) is 0.590. The number of benzene rings is 1. The minimum absolute atomic E-state index is 0.000547. The van der Waals surface area contributed by atoms with Gasteiger partial charge >= 0.3 is 6.09 Å². The van der Waals surface area contributed by atoms with Crippen molar-refractivity contribution < 1.29 is 37.1 Å². The quantitative estimate of drug-likeness (QED) is 0.295. The van der Waals surface area contributed by atoms with E-state index in [1.54, 1.807) is 56.6 Å². The van der Waals surface area contributed by atoms with E-state index >= 15 is 0 Å². The summed E-state index contributed by atoms with van der Waals surface area (Å²) >= 11 is 6.41. The van der Waals surface area contributed by atoms with Gasteiger partial charge in [-0.25, -0.2) is 18.2 Å². The first-order chi connectivity index (χ1) is 26.3. The van der Waals surface area contributed by atoms with Gasteiger partial charge in [0.05, 0.1) is 22.2 Å². The molecule has 0 bridgehead atoms. The maximum atomic E-state index is 14.8. The summed E-state index contributed by atoms with van der Waals surface area (Å²) in [5, 5.41) is 6.74. The number of hydrogen-bond acceptors (Lipinski definition) is 10. The van der Waals surface area contributed by atoms with Crippen molar-refractivity contribution in [3.8, 4) is 5.88 Å². The molecule has 3 aromatic rings. The molecule has 0 spiro atoms. The zero-order valence-electron chi connectivity index (χ0n) is 32.5. The van der Waals surface area contributed by atoms with Crippen LogP contribution in [-0.4, -0.2) is 92.1 Å². The lowest BCUT2D eigenvalue weighted by Gasteiger charge is -2.33. The van der Waals surface area contributed by atoms with E-state index in [0.717, 1.165) is 11.9 Å². The lowest BCUT2D eigenvalue weighted by atomic mass is 9.88. The standard InChI is InChI=1S/C39H50ClN7O8S/c1-22-9-7-8-10-24-20-39(24,34(50)45-56(52,53)38(6)13-14-38)44-31(48)29-19-26(21-47(29)33(49)30(23(2)17-22)42-36(51)55-37(3,4)5)54-32-27-18-25(40)11-12-28(27)46-16-15-41-35(46)43-32/h8,10-12,15-16,18,22-24,26,29-30H,7,9,13-14,17,19-21H2,1-6H3,(H,42,51)(H,44,48)(H,45,50). The van der Waals surface area contributed by atoms with Crippen molar-refractivity contribution in [3.05, 3.63) is 47.8 Å². The fourth-order valence-electron chi connectivity index (χ4n) is 7.89. The maximum absolute atomic E-state index is 14.8. The Morgan fingerprint density at radius 2 is 1.88 bits per heavy atom. The lowest BCUT2D eigenvalue weighted by Crippen LogP contribution is -2.59. The highest BCUT2D eigenvalue weighted by atomic mass is 35.5. The zero-order valence-corrected chi connectivity index (χ0v) is 34.1. The van der Waals surface area contributed by atoms with Gasteiger partial charge in [-0.15, -0.1) is 0 Å². The Morgan fingerprint density at radius 1 is 1.12 bits per heavy atom. The molecule has 7 rings (SSSR count). The minimum Gasteiger partial charge on any atom is -0.472 e. The van der Waals surface area contributed by atoms with Crippen LogP contribution in [0.25, 0.3) is 16.7 Å². The molecule has 1 aromatic carbocycles. The number of imidazole rings is 1. The fourth-order valence-corrected chi connectivity index (χ4v) is 9.37. The number of allylic oxidation sites excluding steroid dienone is 1. The second-order valence-electron chi connectivity index (χ2n) is 17.3. The third-order valence-electron chi connectivity index (χ3n) is 11.5. The number of hydrogen-bond donors (Lipinski definition) is 3. The first-order valence-corrected chi connectivity index (χ1v) is 21.1. The second kappa shape index (κ2) is 14.5. The average molecular weight is 812 g/mol. The van der Waals surface area contributed by atoms with Gasteiger partial charge in [0.15, 0.2) is 0 Å². The number of nitrogens with zero attached hydrogens (tertiary/aromatic N) is 4. The van der Waals surface area contributed by atoms with Crippen LogP contribution < -0.4 is 20.1 Å². The molecule has 56 heavy (non-hydrogen) atoms. The number of amides is 4. The van der Waals surface area contributed by atoms with Crippen molar-refractivity contribution in [1.82, 2.24) is 34.6 Å². The number of aromatic nitrogens is 3. The van der Waals surface area contributed by atoms with E-state index in [0.29, 0.717) is 41.9 Å². The third kappa shape index (κ3) is 7.91. The molecule has 2 aromatic heterocycles. The molecule has 15 nitrogen and oxygen atoms in total. The molecule has 17 heteroatoms. The summed E-state index contributed by atoms with van der Waals surface area (Å²) in [7, 11) is -4.01. The SMILES string of the molecule is CC1CCC=CC2CC2(C(=O)NS(=O)(=O)C2(C)CC2)NC(=O)C2CC(Oc3nc4nccn4c4ccc(Cl)cc34)CN2C(=O)C(NC(=O)OC(C)(C)C)C(C)C1. The number of halogens is 1. The van der Waals surface area contributed by atoms with E-state index in [1.165, 1.54) is 4.90 Å². The van der Waals surface area contributed by atoms with Gasteiger partial charge in [-0.1, -0.05) is 37.6 Å². The number of nitrogens with one attached hydrogen (secondary N) is 3. The Hall–Kier alpha value is -4.44. The molecule has 4 amide bonds. The Kier molecular flexibility index (Phi) is 10.3. The molecule has 7 unspecified atom stereocenters. The topological polar surface area (TPSA) is 190 Å². The Balaban J connectivity index is 1.25. The monoisotopic (exact) mass is 811 g/mol. The van der Waals surface area contributed by atoms with Gasteiger partial charge in [0.2, 0.25) is 33.5 Å². The molecular weight excluding hydrogens is 762 g/mol. The molecule has 2 aliphatic heterocycles. The van der Waals surface area contributed by atoms with Crippen LogP contribution in [0.3, 0.4) is 0 Å². The van der Waals surface area contributed by atoms with Crippen LogP contribution in [0.4, 0.5) is 4.79 Å². The van der Waals surface area contributed by atoms with Crippen molar-refractivity contribution in [3.63, 3.8) is 0 Å². The zero-order chi connectivity index (χ0) is 40.4. The van der Waals surface area contributed by atoms with E-state index in [2.05, 4.69) is 32.2 Å². The normalized spacial score (nSPS) is 29.4. The largest absolute Gasteiger partial charge is 0.472 e. The maximum Gasteiger partial charge on any atom is 0.408 e. The van der Waals surface area contributed by atoms with Crippen LogP contribution in [0.2, 0.25) is 5.02 Å². The van der Waals surface area contributed by atoms with Gasteiger partial charge in [0.25, 0.3) is 5.91 Å². The van der Waals surface area contributed by atoms with Crippen molar-refractivity contribution in [2.45, 2.75) is 121 Å². The van der Waals surface area contributed by atoms with Gasteiger partial charge in [-0.3, -0.25) is 23.5 Å². The van der Waals surface area contributed by atoms with E-state index in [-0.39, 0.29) is 37.1 Å². The summed E-state index contributed by atoms with van der Waals surface area (Å²) in [4.78, 5) is 66.9. The van der Waals surface area contributed by atoms with Crippen LogP contribution in [0.5, 0.6) is 5.88 Å². The van der Waals surface area contributed by atoms with Crippen LogP contribution in [0.1, 0.15) is 86.5 Å². The number of ether oxygens (including phenoxy) is 2. The summed E-state index contributed by atoms with van der Waals surface area (Å²) in [5.41, 5.74) is -1.65.